The van der Waals surface area contributed by atoms with E-state index < -0.39 is 0 Å². The van der Waals surface area contributed by atoms with Gasteiger partial charge in [0.25, 0.3) is 0 Å². The zero-order valence-corrected chi connectivity index (χ0v) is 15.2. The monoisotopic (exact) mass is 366 g/mol. The van der Waals surface area contributed by atoms with Crippen LogP contribution in [0.25, 0.3) is 44.3 Å². The van der Waals surface area contributed by atoms with E-state index in [1.165, 1.54) is 10.8 Å². The van der Waals surface area contributed by atoms with Gasteiger partial charge in [0.05, 0.1) is 11.2 Å². The summed E-state index contributed by atoms with van der Waals surface area (Å²) >= 11 is 6.24. The molecule has 4 aromatic carbocycles. The van der Waals surface area contributed by atoms with Gasteiger partial charge in [-0.2, -0.15) is 0 Å². The molecule has 0 aliphatic rings. The number of halogens is 1. The Morgan fingerprint density at radius 2 is 1.37 bits per heavy atom. The molecule has 1 aromatic heterocycles. The van der Waals surface area contributed by atoms with Crippen LogP contribution in [-0.2, 0) is 0 Å². The van der Waals surface area contributed by atoms with Gasteiger partial charge >= 0.3 is 0 Å². The van der Waals surface area contributed by atoms with E-state index in [0.717, 1.165) is 33.5 Å². The van der Waals surface area contributed by atoms with Gasteiger partial charge in [-0.05, 0) is 35.0 Å². The maximum Gasteiger partial charge on any atom is 0.160 e. The molecular weight excluding hydrogens is 352 g/mol. The predicted octanol–water partition coefficient (Wildman–Crippen LogP) is 6.77. The van der Waals surface area contributed by atoms with Crippen molar-refractivity contribution in [3.05, 3.63) is 96.0 Å². The lowest BCUT2D eigenvalue weighted by molar-refractivity contribution is 1.23. The summed E-state index contributed by atoms with van der Waals surface area (Å²) in [6.07, 6.45) is 0. The first-order chi connectivity index (χ1) is 13.3. The van der Waals surface area contributed by atoms with Gasteiger partial charge in [-0.25, -0.2) is 9.97 Å². The molecule has 0 aliphatic heterocycles. The van der Waals surface area contributed by atoms with Crippen LogP contribution in [0.1, 0.15) is 0 Å². The molecule has 1 heterocycles. The molecule has 0 aliphatic carbocycles. The van der Waals surface area contributed by atoms with Crippen LogP contribution in [0.4, 0.5) is 0 Å². The lowest BCUT2D eigenvalue weighted by Gasteiger charge is -2.10. The number of fused-ring (bicyclic) bond motifs is 2. The van der Waals surface area contributed by atoms with Crippen molar-refractivity contribution >= 4 is 33.3 Å². The fraction of sp³-hybridized carbons (Fsp3) is 0. The summed E-state index contributed by atoms with van der Waals surface area (Å²) in [5, 5.41) is 4.02. The SMILES string of the molecule is Clc1ccc2nc(-c3ccc4ccccc4c3)nc(-c3ccccc3)c2c1. The van der Waals surface area contributed by atoms with E-state index in [9.17, 15) is 0 Å². The van der Waals surface area contributed by atoms with E-state index in [4.69, 9.17) is 21.6 Å². The maximum atomic E-state index is 6.24. The van der Waals surface area contributed by atoms with Crippen LogP contribution in [0.15, 0.2) is 91.0 Å². The van der Waals surface area contributed by atoms with Gasteiger partial charge in [0.2, 0.25) is 0 Å². The lowest BCUT2D eigenvalue weighted by atomic mass is 10.0. The van der Waals surface area contributed by atoms with E-state index in [2.05, 4.69) is 42.5 Å². The van der Waals surface area contributed by atoms with Crippen LogP contribution in [0.2, 0.25) is 5.02 Å². The van der Waals surface area contributed by atoms with E-state index >= 15 is 0 Å². The van der Waals surface area contributed by atoms with Crippen molar-refractivity contribution in [1.82, 2.24) is 9.97 Å². The molecule has 0 bridgehead atoms. The maximum absolute atomic E-state index is 6.24. The third-order valence-electron chi connectivity index (χ3n) is 4.71. The summed E-state index contributed by atoms with van der Waals surface area (Å²) in [7, 11) is 0. The van der Waals surface area contributed by atoms with Crippen LogP contribution in [0.3, 0.4) is 0 Å². The molecule has 0 amide bonds. The van der Waals surface area contributed by atoms with Crippen molar-refractivity contribution in [2.24, 2.45) is 0 Å². The normalized spacial score (nSPS) is 11.1. The Morgan fingerprint density at radius 1 is 0.593 bits per heavy atom. The predicted molar refractivity (Wildman–Crippen MR) is 113 cm³/mol. The Bertz CT molecular complexity index is 1280. The molecule has 0 unspecified atom stereocenters. The van der Waals surface area contributed by atoms with Crippen LogP contribution >= 0.6 is 11.6 Å². The minimum atomic E-state index is 0.682. The standard InChI is InChI=1S/C24H15ClN2/c25-20-12-13-22-21(15-20)23(17-7-2-1-3-8-17)27-24(26-22)19-11-10-16-6-4-5-9-18(16)14-19/h1-15H. The number of nitrogens with zero attached hydrogens (tertiary/aromatic N) is 2. The van der Waals surface area contributed by atoms with Crippen molar-refractivity contribution in [2.45, 2.75) is 0 Å². The summed E-state index contributed by atoms with van der Waals surface area (Å²) in [5.41, 5.74) is 3.83. The van der Waals surface area contributed by atoms with Crippen LogP contribution in [0.5, 0.6) is 0 Å². The van der Waals surface area contributed by atoms with E-state index in [1.54, 1.807) is 0 Å². The van der Waals surface area contributed by atoms with Gasteiger partial charge in [-0.15, -0.1) is 0 Å². The topological polar surface area (TPSA) is 25.8 Å². The largest absolute Gasteiger partial charge is 0.228 e. The molecule has 0 radical (unpaired) electrons. The van der Waals surface area contributed by atoms with Gasteiger partial charge in [0.15, 0.2) is 5.82 Å². The second-order valence-electron chi connectivity index (χ2n) is 6.49. The molecule has 0 atom stereocenters. The Morgan fingerprint density at radius 3 is 2.22 bits per heavy atom. The summed E-state index contributed by atoms with van der Waals surface area (Å²) < 4.78 is 0. The summed E-state index contributed by atoms with van der Waals surface area (Å²) in [5.74, 6) is 0.717. The molecule has 0 spiro atoms. The van der Waals surface area contributed by atoms with Gasteiger partial charge in [0.1, 0.15) is 0 Å². The van der Waals surface area contributed by atoms with Gasteiger partial charge < -0.3 is 0 Å². The number of aromatic nitrogens is 2. The Balaban J connectivity index is 1.78. The Labute approximate surface area is 162 Å². The number of hydrogen-bond donors (Lipinski definition) is 0. The average molecular weight is 367 g/mol. The summed E-state index contributed by atoms with van der Waals surface area (Å²) in [4.78, 5) is 9.73. The molecule has 3 heteroatoms. The second kappa shape index (κ2) is 6.49. The summed E-state index contributed by atoms with van der Waals surface area (Å²) in [6, 6.07) is 30.6. The van der Waals surface area contributed by atoms with E-state index in [0.29, 0.717) is 5.02 Å². The van der Waals surface area contributed by atoms with Gasteiger partial charge in [-0.1, -0.05) is 78.3 Å². The van der Waals surface area contributed by atoms with Crippen LogP contribution in [0, 0.1) is 0 Å². The molecule has 0 saturated heterocycles. The second-order valence-corrected chi connectivity index (χ2v) is 6.92. The molecule has 0 saturated carbocycles. The van der Waals surface area contributed by atoms with Gasteiger partial charge in [0, 0.05) is 21.5 Å². The minimum Gasteiger partial charge on any atom is -0.228 e. The third-order valence-corrected chi connectivity index (χ3v) is 4.95. The molecule has 5 aromatic rings. The highest BCUT2D eigenvalue weighted by atomic mass is 35.5. The van der Waals surface area contributed by atoms with E-state index in [1.807, 2.05) is 48.5 Å². The highest BCUT2D eigenvalue weighted by Gasteiger charge is 2.12. The first-order valence-corrected chi connectivity index (χ1v) is 9.18. The quantitative estimate of drug-likeness (QED) is 0.344. The first kappa shape index (κ1) is 16.0. The number of hydrogen-bond acceptors (Lipinski definition) is 2. The molecule has 128 valence electrons. The molecule has 0 N–H and O–H groups in total. The lowest BCUT2D eigenvalue weighted by Crippen LogP contribution is -1.95. The van der Waals surface area contributed by atoms with Crippen molar-refractivity contribution in [2.75, 3.05) is 0 Å². The summed E-state index contributed by atoms with van der Waals surface area (Å²) in [6.45, 7) is 0. The van der Waals surface area contributed by atoms with Crippen molar-refractivity contribution in [1.29, 1.82) is 0 Å². The molecule has 5 rings (SSSR count). The molecular formula is C24H15ClN2. The fourth-order valence-corrected chi connectivity index (χ4v) is 3.55. The zero-order chi connectivity index (χ0) is 18.2. The van der Waals surface area contributed by atoms with E-state index in [-0.39, 0.29) is 0 Å². The Kier molecular flexibility index (Phi) is 3.84. The average Bonchev–Trinajstić information content (AvgIpc) is 2.73. The number of rotatable bonds is 2. The zero-order valence-electron chi connectivity index (χ0n) is 14.4. The number of benzene rings is 4. The minimum absolute atomic E-state index is 0.682. The smallest absolute Gasteiger partial charge is 0.160 e. The van der Waals surface area contributed by atoms with Crippen LogP contribution in [-0.4, -0.2) is 9.97 Å². The molecule has 27 heavy (non-hydrogen) atoms. The van der Waals surface area contributed by atoms with Crippen molar-refractivity contribution in [3.8, 4) is 22.6 Å². The van der Waals surface area contributed by atoms with Crippen LogP contribution < -0.4 is 0 Å². The highest BCUT2D eigenvalue weighted by molar-refractivity contribution is 6.31. The van der Waals surface area contributed by atoms with Crippen molar-refractivity contribution in [3.63, 3.8) is 0 Å². The fourth-order valence-electron chi connectivity index (χ4n) is 3.37. The Hall–Kier alpha value is -3.23. The third kappa shape index (κ3) is 2.94. The molecule has 0 fully saturated rings. The van der Waals surface area contributed by atoms with Gasteiger partial charge in [-0.3, -0.25) is 0 Å². The first-order valence-electron chi connectivity index (χ1n) is 8.80. The van der Waals surface area contributed by atoms with Crippen molar-refractivity contribution < 1.29 is 0 Å². The highest BCUT2D eigenvalue weighted by Crippen LogP contribution is 2.31. The molecule has 2 nitrogen and oxygen atoms in total.